The number of ether oxygens (including phenoxy) is 1. The van der Waals surface area contributed by atoms with Crippen LogP contribution >= 0.6 is 11.6 Å². The molecular formula is C35H37ClO3. The summed E-state index contributed by atoms with van der Waals surface area (Å²) in [7, 11) is 1.64. The summed E-state index contributed by atoms with van der Waals surface area (Å²) >= 11 is 7.04. The molecule has 1 atom stereocenters. The van der Waals surface area contributed by atoms with Crippen molar-refractivity contribution in [3.8, 4) is 16.9 Å². The van der Waals surface area contributed by atoms with E-state index in [1.54, 1.807) is 7.11 Å². The molecule has 0 aromatic heterocycles. The van der Waals surface area contributed by atoms with Gasteiger partial charge in [0.2, 0.25) is 0 Å². The molecule has 0 amide bonds. The first-order valence-electron chi connectivity index (χ1n) is 13.3. The molecular weight excluding hydrogens is 504 g/mol. The number of hydrogen-bond acceptors (Lipinski definition) is 3. The van der Waals surface area contributed by atoms with Crippen molar-refractivity contribution in [3.05, 3.63) is 129 Å². The normalized spacial score (nSPS) is 15.8. The highest BCUT2D eigenvalue weighted by molar-refractivity contribution is 6.34. The van der Waals surface area contributed by atoms with Gasteiger partial charge in [0.25, 0.3) is 0 Å². The number of para-hydroxylation sites is 1. The molecule has 202 valence electrons. The number of hydrogen-bond donors (Lipinski definition) is 1. The fourth-order valence-corrected chi connectivity index (χ4v) is 5.58. The van der Waals surface area contributed by atoms with Gasteiger partial charge in [0.1, 0.15) is 11.9 Å². The van der Waals surface area contributed by atoms with Crippen LogP contribution in [0.4, 0.5) is 0 Å². The molecule has 3 nitrogen and oxygen atoms in total. The smallest absolute Gasteiger partial charge is 0.190 e. The highest BCUT2D eigenvalue weighted by Crippen LogP contribution is 2.42. The minimum absolute atomic E-state index is 0.00978. The van der Waals surface area contributed by atoms with Crippen molar-refractivity contribution in [2.45, 2.75) is 52.6 Å². The highest BCUT2D eigenvalue weighted by Gasteiger charge is 2.33. The molecule has 3 aromatic carbocycles. The second kappa shape index (κ2) is 11.4. The Morgan fingerprint density at radius 1 is 0.821 bits per heavy atom. The number of halogens is 1. The molecule has 3 aromatic rings. The lowest BCUT2D eigenvalue weighted by molar-refractivity contribution is 0.230. The van der Waals surface area contributed by atoms with E-state index >= 15 is 0 Å². The van der Waals surface area contributed by atoms with Crippen LogP contribution in [0.1, 0.15) is 51.3 Å². The Bertz CT molecular complexity index is 1520. The number of aliphatic hydroxyl groups is 1. The summed E-state index contributed by atoms with van der Waals surface area (Å²) in [5.74, 6) is 0.713. The summed E-state index contributed by atoms with van der Waals surface area (Å²) < 4.78 is 5.58. The van der Waals surface area contributed by atoms with Crippen LogP contribution in [-0.2, 0) is 11.8 Å². The van der Waals surface area contributed by atoms with Gasteiger partial charge in [-0.25, -0.2) is 0 Å². The van der Waals surface area contributed by atoms with E-state index in [2.05, 4.69) is 13.8 Å². The summed E-state index contributed by atoms with van der Waals surface area (Å²) in [6.45, 7) is 10.4. The summed E-state index contributed by atoms with van der Waals surface area (Å²) in [6.07, 6.45) is 7.58. The minimum atomic E-state index is -0.830. The van der Waals surface area contributed by atoms with Gasteiger partial charge in [0.15, 0.2) is 5.43 Å². The lowest BCUT2D eigenvalue weighted by Gasteiger charge is -2.33. The monoisotopic (exact) mass is 540 g/mol. The maximum absolute atomic E-state index is 13.6. The van der Waals surface area contributed by atoms with Crippen molar-refractivity contribution in [1.29, 1.82) is 0 Å². The van der Waals surface area contributed by atoms with Crippen LogP contribution in [0.15, 0.2) is 101 Å². The third-order valence-electron chi connectivity index (χ3n) is 7.39. The van der Waals surface area contributed by atoms with Gasteiger partial charge in [0.05, 0.1) is 12.1 Å². The zero-order valence-electron chi connectivity index (χ0n) is 23.6. The fourth-order valence-electron chi connectivity index (χ4n) is 5.29. The Hall–Kier alpha value is -3.40. The van der Waals surface area contributed by atoms with E-state index in [9.17, 15) is 9.90 Å². The topological polar surface area (TPSA) is 46.5 Å². The van der Waals surface area contributed by atoms with E-state index in [0.29, 0.717) is 22.8 Å². The third-order valence-corrected chi connectivity index (χ3v) is 7.83. The third kappa shape index (κ3) is 5.95. The van der Waals surface area contributed by atoms with E-state index in [-0.39, 0.29) is 10.8 Å². The molecule has 0 spiro atoms. The largest absolute Gasteiger partial charge is 0.496 e. The average Bonchev–Trinajstić information content (AvgIpc) is 3.20. The second-order valence-electron chi connectivity index (χ2n) is 11.7. The SMILES string of the molecule is COc1ccccc1C1=CC=CC=C(C(C)(C)Cc2cccc(-c3ccccc(C(C)(C)C)c3=O)c2Cl)C1O. The molecule has 39 heavy (non-hydrogen) atoms. The zero-order valence-corrected chi connectivity index (χ0v) is 24.3. The summed E-state index contributed by atoms with van der Waals surface area (Å²) in [6, 6.07) is 21.1. The van der Waals surface area contributed by atoms with E-state index in [1.807, 2.05) is 112 Å². The van der Waals surface area contributed by atoms with Crippen LogP contribution in [0.2, 0.25) is 5.02 Å². The quantitative estimate of drug-likeness (QED) is 0.343. The van der Waals surface area contributed by atoms with Crippen molar-refractivity contribution in [3.63, 3.8) is 0 Å². The standard InChI is InChI=1S/C35H37ClO3/c1-34(2,3)28-19-10-7-17-27(32(28)37)25-18-13-14-23(31(25)36)22-35(4,5)29-20-11-8-16-26(33(29)38)24-15-9-12-21-30(24)39-6/h7-21,33,38H,22H2,1-6H3. The number of rotatable bonds is 6. The maximum Gasteiger partial charge on any atom is 0.190 e. The van der Waals surface area contributed by atoms with E-state index in [0.717, 1.165) is 33.4 Å². The first-order valence-corrected chi connectivity index (χ1v) is 13.7. The summed E-state index contributed by atoms with van der Waals surface area (Å²) in [4.78, 5) is 13.6. The molecule has 0 bridgehead atoms. The van der Waals surface area contributed by atoms with E-state index < -0.39 is 11.5 Å². The molecule has 1 N–H and O–H groups in total. The zero-order chi connectivity index (χ0) is 28.4. The number of benzene rings is 2. The van der Waals surface area contributed by atoms with Gasteiger partial charge in [-0.3, -0.25) is 4.79 Å². The highest BCUT2D eigenvalue weighted by atomic mass is 35.5. The minimum Gasteiger partial charge on any atom is -0.496 e. The van der Waals surface area contributed by atoms with Crippen molar-refractivity contribution >= 4 is 17.2 Å². The predicted molar refractivity (Wildman–Crippen MR) is 164 cm³/mol. The molecule has 0 saturated heterocycles. The molecule has 4 rings (SSSR count). The number of methoxy groups -OCH3 is 1. The van der Waals surface area contributed by atoms with Gasteiger partial charge in [-0.1, -0.05) is 131 Å². The molecule has 0 fully saturated rings. The van der Waals surface area contributed by atoms with Gasteiger partial charge in [-0.05, 0) is 40.0 Å². The van der Waals surface area contributed by atoms with Gasteiger partial charge in [-0.2, -0.15) is 0 Å². The lowest BCUT2D eigenvalue weighted by Crippen LogP contribution is -2.28. The molecule has 1 aliphatic rings. The molecule has 0 aliphatic heterocycles. The first-order chi connectivity index (χ1) is 18.5. The van der Waals surface area contributed by atoms with Crippen LogP contribution in [0.3, 0.4) is 0 Å². The second-order valence-corrected chi connectivity index (χ2v) is 12.1. The Morgan fingerprint density at radius 2 is 1.44 bits per heavy atom. The Labute approximate surface area is 237 Å². The van der Waals surface area contributed by atoms with Crippen LogP contribution in [-0.4, -0.2) is 18.3 Å². The summed E-state index contributed by atoms with van der Waals surface area (Å²) in [5.41, 5.74) is 4.75. The van der Waals surface area contributed by atoms with Gasteiger partial charge in [0, 0.05) is 22.3 Å². The van der Waals surface area contributed by atoms with Crippen LogP contribution < -0.4 is 10.2 Å². The van der Waals surface area contributed by atoms with Crippen LogP contribution in [0, 0.1) is 5.41 Å². The molecule has 0 radical (unpaired) electrons. The molecule has 0 heterocycles. The first kappa shape index (κ1) is 28.6. The molecule has 1 unspecified atom stereocenters. The summed E-state index contributed by atoms with van der Waals surface area (Å²) in [5, 5.41) is 12.2. The van der Waals surface area contributed by atoms with Gasteiger partial charge >= 0.3 is 0 Å². The molecule has 0 saturated carbocycles. The molecule has 1 aliphatic carbocycles. The Kier molecular flexibility index (Phi) is 8.34. The maximum atomic E-state index is 13.6. The molecule has 4 heteroatoms. The van der Waals surface area contributed by atoms with Crippen molar-refractivity contribution in [2.24, 2.45) is 5.41 Å². The van der Waals surface area contributed by atoms with Crippen LogP contribution in [0.25, 0.3) is 16.7 Å². The van der Waals surface area contributed by atoms with Crippen molar-refractivity contribution < 1.29 is 9.84 Å². The average molecular weight is 541 g/mol. The fraction of sp³-hybridized carbons (Fsp3) is 0.286. The number of allylic oxidation sites excluding steroid dienone is 4. The van der Waals surface area contributed by atoms with Crippen molar-refractivity contribution in [2.75, 3.05) is 7.11 Å². The van der Waals surface area contributed by atoms with Crippen LogP contribution in [0.5, 0.6) is 5.75 Å². The van der Waals surface area contributed by atoms with E-state index in [4.69, 9.17) is 16.3 Å². The predicted octanol–water partition coefficient (Wildman–Crippen LogP) is 8.18. The van der Waals surface area contributed by atoms with Gasteiger partial charge in [-0.15, -0.1) is 0 Å². The Balaban J connectivity index is 1.73. The van der Waals surface area contributed by atoms with E-state index in [1.165, 1.54) is 0 Å². The number of aliphatic hydroxyl groups excluding tert-OH is 1. The Morgan fingerprint density at radius 3 is 2.13 bits per heavy atom. The van der Waals surface area contributed by atoms with Crippen molar-refractivity contribution in [1.82, 2.24) is 0 Å². The van der Waals surface area contributed by atoms with Gasteiger partial charge < -0.3 is 9.84 Å². The lowest BCUT2D eigenvalue weighted by atomic mass is 9.74.